The van der Waals surface area contributed by atoms with Crippen molar-refractivity contribution in [2.75, 3.05) is 13.2 Å². The van der Waals surface area contributed by atoms with E-state index in [-0.39, 0.29) is 18.6 Å². The molecule has 0 bridgehead atoms. The minimum absolute atomic E-state index is 0.180. The van der Waals surface area contributed by atoms with Crippen LogP contribution < -0.4 is 5.32 Å². The van der Waals surface area contributed by atoms with Gasteiger partial charge in [-0.3, -0.25) is 9.78 Å². The van der Waals surface area contributed by atoms with Gasteiger partial charge in [-0.05, 0) is 37.4 Å². The summed E-state index contributed by atoms with van der Waals surface area (Å²) >= 11 is 1.62. The molecule has 1 saturated heterocycles. The molecule has 23 heavy (non-hydrogen) atoms. The van der Waals surface area contributed by atoms with Crippen LogP contribution in [0.4, 0.5) is 0 Å². The number of pyridine rings is 1. The molecular weight excluding hydrogens is 312 g/mol. The smallest absolute Gasteiger partial charge is 0.253 e. The van der Waals surface area contributed by atoms with E-state index in [2.05, 4.69) is 10.3 Å². The molecule has 5 nitrogen and oxygen atoms in total. The molecule has 0 aliphatic carbocycles. The SMILES string of the molecule is Cc1nc(-c2cccs2)ccc1C(=O)NC[C@]1(O)CCO[C@H]1C. The van der Waals surface area contributed by atoms with Crippen LogP contribution in [0.2, 0.25) is 0 Å². The van der Waals surface area contributed by atoms with Crippen molar-refractivity contribution in [2.24, 2.45) is 0 Å². The Morgan fingerprint density at radius 1 is 1.52 bits per heavy atom. The average Bonchev–Trinajstić information content (AvgIpc) is 3.16. The Morgan fingerprint density at radius 2 is 2.35 bits per heavy atom. The molecule has 3 heterocycles. The third-order valence-corrected chi connectivity index (χ3v) is 5.21. The Bertz CT molecular complexity index is 702. The number of carbonyl (C=O) groups excluding carboxylic acids is 1. The van der Waals surface area contributed by atoms with Crippen LogP contribution in [0.25, 0.3) is 10.6 Å². The number of nitrogens with zero attached hydrogens (tertiary/aromatic N) is 1. The van der Waals surface area contributed by atoms with Crippen molar-refractivity contribution in [3.05, 3.63) is 40.9 Å². The van der Waals surface area contributed by atoms with Crippen molar-refractivity contribution in [3.8, 4) is 10.6 Å². The Morgan fingerprint density at radius 3 is 2.96 bits per heavy atom. The van der Waals surface area contributed by atoms with E-state index in [0.717, 1.165) is 10.6 Å². The van der Waals surface area contributed by atoms with Crippen LogP contribution in [0, 0.1) is 6.92 Å². The highest BCUT2D eigenvalue weighted by Gasteiger charge is 2.39. The van der Waals surface area contributed by atoms with Crippen LogP contribution in [-0.4, -0.2) is 40.9 Å². The zero-order chi connectivity index (χ0) is 16.4. The van der Waals surface area contributed by atoms with Gasteiger partial charge < -0.3 is 15.2 Å². The van der Waals surface area contributed by atoms with Gasteiger partial charge in [0, 0.05) is 19.6 Å². The molecule has 0 aromatic carbocycles. The van der Waals surface area contributed by atoms with E-state index >= 15 is 0 Å². The molecule has 0 spiro atoms. The highest BCUT2D eigenvalue weighted by Crippen LogP contribution is 2.26. The molecule has 2 aromatic rings. The number of thiophene rings is 1. The van der Waals surface area contributed by atoms with E-state index in [9.17, 15) is 9.90 Å². The van der Waals surface area contributed by atoms with Gasteiger partial charge in [0.05, 0.1) is 27.9 Å². The quantitative estimate of drug-likeness (QED) is 0.902. The Balaban J connectivity index is 1.70. The Labute approximate surface area is 139 Å². The van der Waals surface area contributed by atoms with Crippen LogP contribution in [0.1, 0.15) is 29.4 Å². The lowest BCUT2D eigenvalue weighted by atomic mass is 9.96. The molecule has 122 valence electrons. The third-order valence-electron chi connectivity index (χ3n) is 4.32. The first-order valence-corrected chi connectivity index (χ1v) is 8.51. The van der Waals surface area contributed by atoms with E-state index in [1.165, 1.54) is 0 Å². The normalized spacial score (nSPS) is 23.9. The second-order valence-electron chi connectivity index (χ2n) is 5.86. The summed E-state index contributed by atoms with van der Waals surface area (Å²) in [5.41, 5.74) is 1.08. The first kappa shape index (κ1) is 16.1. The number of aromatic nitrogens is 1. The van der Waals surface area contributed by atoms with Crippen molar-refractivity contribution in [1.29, 1.82) is 0 Å². The zero-order valence-corrected chi connectivity index (χ0v) is 14.0. The van der Waals surface area contributed by atoms with Gasteiger partial charge in [-0.25, -0.2) is 0 Å². The van der Waals surface area contributed by atoms with Gasteiger partial charge in [-0.2, -0.15) is 0 Å². The number of amides is 1. The fourth-order valence-corrected chi connectivity index (χ4v) is 3.39. The number of rotatable bonds is 4. The first-order chi connectivity index (χ1) is 11.0. The van der Waals surface area contributed by atoms with Crippen LogP contribution in [-0.2, 0) is 4.74 Å². The Kier molecular flexibility index (Phi) is 4.48. The molecule has 2 aromatic heterocycles. The monoisotopic (exact) mass is 332 g/mol. The third kappa shape index (κ3) is 3.29. The van der Waals surface area contributed by atoms with Crippen LogP contribution in [0.5, 0.6) is 0 Å². The molecule has 2 atom stereocenters. The predicted octanol–water partition coefficient (Wildman–Crippen LogP) is 2.39. The molecule has 1 aliphatic rings. The minimum atomic E-state index is -0.992. The van der Waals surface area contributed by atoms with Crippen molar-refractivity contribution in [3.63, 3.8) is 0 Å². The van der Waals surface area contributed by atoms with Gasteiger partial charge in [0.2, 0.25) is 0 Å². The second-order valence-corrected chi connectivity index (χ2v) is 6.80. The maximum Gasteiger partial charge on any atom is 0.253 e. The molecule has 1 fully saturated rings. The number of aryl methyl sites for hydroxylation is 1. The van der Waals surface area contributed by atoms with Gasteiger partial charge in [0.25, 0.3) is 5.91 Å². The number of carbonyl (C=O) groups is 1. The van der Waals surface area contributed by atoms with Crippen molar-refractivity contribution in [2.45, 2.75) is 32.0 Å². The van der Waals surface area contributed by atoms with E-state index in [4.69, 9.17) is 4.74 Å². The van der Waals surface area contributed by atoms with Gasteiger partial charge >= 0.3 is 0 Å². The lowest BCUT2D eigenvalue weighted by Gasteiger charge is -2.26. The number of aliphatic hydroxyl groups is 1. The van der Waals surface area contributed by atoms with Gasteiger partial charge in [0.15, 0.2) is 0 Å². The predicted molar refractivity (Wildman–Crippen MR) is 89.6 cm³/mol. The van der Waals surface area contributed by atoms with Crippen molar-refractivity contribution >= 4 is 17.2 Å². The molecule has 6 heteroatoms. The van der Waals surface area contributed by atoms with Crippen LogP contribution >= 0.6 is 11.3 Å². The molecule has 1 aliphatic heterocycles. The van der Waals surface area contributed by atoms with Gasteiger partial charge in [0.1, 0.15) is 5.60 Å². The molecular formula is C17H20N2O3S. The largest absolute Gasteiger partial charge is 0.385 e. The summed E-state index contributed by atoms with van der Waals surface area (Å²) in [6, 6.07) is 7.61. The van der Waals surface area contributed by atoms with Crippen LogP contribution in [0.3, 0.4) is 0 Å². The molecule has 3 rings (SSSR count). The average molecular weight is 332 g/mol. The van der Waals surface area contributed by atoms with Crippen molar-refractivity contribution in [1.82, 2.24) is 10.3 Å². The van der Waals surface area contributed by atoms with Gasteiger partial charge in [-0.1, -0.05) is 6.07 Å². The minimum Gasteiger partial charge on any atom is -0.385 e. The zero-order valence-electron chi connectivity index (χ0n) is 13.2. The van der Waals surface area contributed by atoms with E-state index < -0.39 is 5.60 Å². The molecule has 2 N–H and O–H groups in total. The summed E-state index contributed by atoms with van der Waals surface area (Å²) in [6.45, 7) is 4.34. The lowest BCUT2D eigenvalue weighted by molar-refractivity contribution is -0.0251. The summed E-state index contributed by atoms with van der Waals surface area (Å²) in [6.07, 6.45) is 0.256. The standard InChI is InChI=1S/C17H20N2O3S/c1-11-13(5-6-14(19-11)15-4-3-9-23-15)16(20)18-10-17(21)7-8-22-12(17)2/h3-6,9,12,21H,7-8,10H2,1-2H3,(H,18,20)/t12-,17+/m0/s1. The fourth-order valence-electron chi connectivity index (χ4n) is 2.69. The maximum absolute atomic E-state index is 12.4. The molecule has 0 radical (unpaired) electrons. The molecule has 0 saturated carbocycles. The summed E-state index contributed by atoms with van der Waals surface area (Å²) in [7, 11) is 0. The highest BCUT2D eigenvalue weighted by molar-refractivity contribution is 7.13. The maximum atomic E-state index is 12.4. The lowest BCUT2D eigenvalue weighted by Crippen LogP contribution is -2.47. The molecule has 1 amide bonds. The first-order valence-electron chi connectivity index (χ1n) is 7.63. The summed E-state index contributed by atoms with van der Waals surface area (Å²) in [4.78, 5) is 18.0. The van der Waals surface area contributed by atoms with Crippen LogP contribution in [0.15, 0.2) is 29.6 Å². The topological polar surface area (TPSA) is 71.5 Å². The number of hydrogen-bond donors (Lipinski definition) is 2. The highest BCUT2D eigenvalue weighted by atomic mass is 32.1. The van der Waals surface area contributed by atoms with E-state index in [0.29, 0.717) is 24.3 Å². The molecule has 0 unspecified atom stereocenters. The van der Waals surface area contributed by atoms with E-state index in [1.807, 2.05) is 37.4 Å². The summed E-state index contributed by atoms with van der Waals surface area (Å²) in [5, 5.41) is 15.2. The second kappa shape index (κ2) is 6.39. The summed E-state index contributed by atoms with van der Waals surface area (Å²) in [5.74, 6) is -0.222. The number of hydrogen-bond acceptors (Lipinski definition) is 5. The summed E-state index contributed by atoms with van der Waals surface area (Å²) < 4.78 is 5.37. The number of nitrogens with one attached hydrogen (secondary N) is 1. The number of ether oxygens (including phenoxy) is 1. The fraction of sp³-hybridized carbons (Fsp3) is 0.412. The van der Waals surface area contributed by atoms with Crippen molar-refractivity contribution < 1.29 is 14.6 Å². The van der Waals surface area contributed by atoms with Gasteiger partial charge in [-0.15, -0.1) is 11.3 Å². The van der Waals surface area contributed by atoms with E-state index in [1.54, 1.807) is 17.4 Å². The Hall–Kier alpha value is -1.76.